The number of nitrogens with one attached hydrogen (secondary N) is 1. The van der Waals surface area contributed by atoms with Gasteiger partial charge in [0, 0.05) is 18.8 Å². The van der Waals surface area contributed by atoms with Crippen LogP contribution in [0.3, 0.4) is 0 Å². The molecule has 142 valence electrons. The van der Waals surface area contributed by atoms with Crippen molar-refractivity contribution in [3.8, 4) is 0 Å². The first-order valence-electron chi connectivity index (χ1n) is 8.15. The maximum atomic E-state index is 12.8. The van der Waals surface area contributed by atoms with Crippen LogP contribution >= 0.6 is 23.2 Å². The summed E-state index contributed by atoms with van der Waals surface area (Å²) in [5.41, 5.74) is 6.55. The minimum absolute atomic E-state index is 0.110. The lowest BCUT2D eigenvalue weighted by molar-refractivity contribution is -0.146. The molecule has 3 rings (SSSR count). The Hall–Kier alpha value is -2.58. The van der Waals surface area contributed by atoms with Gasteiger partial charge in [-0.3, -0.25) is 19.4 Å². The summed E-state index contributed by atoms with van der Waals surface area (Å²) in [6.45, 7) is 0.314. The van der Waals surface area contributed by atoms with Crippen molar-refractivity contribution in [3.63, 3.8) is 0 Å². The van der Waals surface area contributed by atoms with E-state index in [1.165, 1.54) is 16.1 Å². The zero-order chi connectivity index (χ0) is 19.6. The van der Waals surface area contributed by atoms with Crippen LogP contribution in [0, 0.1) is 0 Å². The number of piperazine rings is 1. The Bertz CT molecular complexity index is 855. The topological polar surface area (TPSA) is 108 Å². The van der Waals surface area contributed by atoms with Crippen LogP contribution < -0.4 is 11.1 Å². The SMILES string of the molecule is NC(=O)CN1CCN(C(=O)C2C=C(c3ccc(Cl)c(Cl)c3)NC=N2)CC1=O. The minimum Gasteiger partial charge on any atom is -0.368 e. The van der Waals surface area contributed by atoms with Gasteiger partial charge >= 0.3 is 0 Å². The summed E-state index contributed by atoms with van der Waals surface area (Å²) >= 11 is 12.0. The smallest absolute Gasteiger partial charge is 0.252 e. The van der Waals surface area contributed by atoms with Gasteiger partial charge in [0.25, 0.3) is 5.91 Å². The Balaban J connectivity index is 1.71. The van der Waals surface area contributed by atoms with E-state index in [1.807, 2.05) is 0 Å². The third-order valence-electron chi connectivity index (χ3n) is 4.24. The number of rotatable bonds is 4. The lowest BCUT2D eigenvalue weighted by atomic mass is 10.1. The van der Waals surface area contributed by atoms with Crippen molar-refractivity contribution < 1.29 is 14.4 Å². The molecular formula is C17H17Cl2N5O3. The van der Waals surface area contributed by atoms with Gasteiger partial charge in [-0.2, -0.15) is 0 Å². The molecule has 0 radical (unpaired) electrons. The van der Waals surface area contributed by atoms with Gasteiger partial charge < -0.3 is 20.9 Å². The molecule has 1 atom stereocenters. The molecule has 0 saturated carbocycles. The van der Waals surface area contributed by atoms with E-state index in [4.69, 9.17) is 28.9 Å². The highest BCUT2D eigenvalue weighted by molar-refractivity contribution is 6.42. The van der Waals surface area contributed by atoms with Crippen LogP contribution in [0.2, 0.25) is 10.0 Å². The fraction of sp³-hybridized carbons (Fsp3) is 0.294. The van der Waals surface area contributed by atoms with Gasteiger partial charge in [0.1, 0.15) is 0 Å². The number of carbonyl (C=O) groups excluding carboxylic acids is 3. The van der Waals surface area contributed by atoms with Crippen molar-refractivity contribution in [1.82, 2.24) is 15.1 Å². The average Bonchev–Trinajstić information content (AvgIpc) is 2.65. The number of nitrogens with zero attached hydrogens (tertiary/aromatic N) is 3. The van der Waals surface area contributed by atoms with Crippen LogP contribution in [0.1, 0.15) is 5.56 Å². The maximum Gasteiger partial charge on any atom is 0.252 e. The van der Waals surface area contributed by atoms with Gasteiger partial charge in [0.2, 0.25) is 11.8 Å². The number of hydrogen-bond acceptors (Lipinski definition) is 5. The van der Waals surface area contributed by atoms with Crippen LogP contribution in [0.5, 0.6) is 0 Å². The highest BCUT2D eigenvalue weighted by Gasteiger charge is 2.31. The molecular weight excluding hydrogens is 393 g/mol. The number of hydrogen-bond donors (Lipinski definition) is 2. The van der Waals surface area contributed by atoms with E-state index in [-0.39, 0.29) is 31.4 Å². The Morgan fingerprint density at radius 2 is 2.04 bits per heavy atom. The van der Waals surface area contributed by atoms with Crippen molar-refractivity contribution in [1.29, 1.82) is 0 Å². The summed E-state index contributed by atoms with van der Waals surface area (Å²) in [7, 11) is 0. The second-order valence-corrected chi connectivity index (χ2v) is 6.93. The molecule has 0 spiro atoms. The number of aliphatic imine (C=N–C) groups is 1. The van der Waals surface area contributed by atoms with E-state index in [2.05, 4.69) is 10.3 Å². The maximum absolute atomic E-state index is 12.8. The Morgan fingerprint density at radius 1 is 1.26 bits per heavy atom. The number of halogens is 2. The van der Waals surface area contributed by atoms with E-state index < -0.39 is 11.9 Å². The Morgan fingerprint density at radius 3 is 2.70 bits per heavy atom. The van der Waals surface area contributed by atoms with Crippen molar-refractivity contribution in [2.75, 3.05) is 26.2 Å². The first kappa shape index (κ1) is 19.2. The van der Waals surface area contributed by atoms with Gasteiger partial charge in [-0.05, 0) is 23.8 Å². The van der Waals surface area contributed by atoms with Crippen LogP contribution in [-0.2, 0) is 14.4 Å². The van der Waals surface area contributed by atoms with Gasteiger partial charge in [-0.25, -0.2) is 0 Å². The van der Waals surface area contributed by atoms with Crippen molar-refractivity contribution in [3.05, 3.63) is 39.9 Å². The predicted octanol–water partition coefficient (Wildman–Crippen LogP) is 0.491. The van der Waals surface area contributed by atoms with Gasteiger partial charge in [0.05, 0.1) is 29.5 Å². The second-order valence-electron chi connectivity index (χ2n) is 6.12. The molecule has 0 aromatic heterocycles. The number of amides is 3. The zero-order valence-corrected chi connectivity index (χ0v) is 15.7. The average molecular weight is 410 g/mol. The lowest BCUT2D eigenvalue weighted by Crippen LogP contribution is -2.55. The summed E-state index contributed by atoms with van der Waals surface area (Å²) in [6.07, 6.45) is 3.10. The molecule has 27 heavy (non-hydrogen) atoms. The molecule has 8 nitrogen and oxygen atoms in total. The normalized spacial score (nSPS) is 19.6. The first-order chi connectivity index (χ1) is 12.8. The van der Waals surface area contributed by atoms with Crippen LogP contribution in [0.4, 0.5) is 0 Å². The quantitative estimate of drug-likeness (QED) is 0.753. The van der Waals surface area contributed by atoms with Gasteiger partial charge in [0.15, 0.2) is 6.04 Å². The molecule has 10 heteroatoms. The van der Waals surface area contributed by atoms with Gasteiger partial charge in [-0.1, -0.05) is 29.3 Å². The summed E-state index contributed by atoms with van der Waals surface area (Å²) in [5, 5.41) is 3.81. The van der Waals surface area contributed by atoms with Crippen molar-refractivity contribution in [2.24, 2.45) is 10.7 Å². The fourth-order valence-electron chi connectivity index (χ4n) is 2.85. The Labute approximate surface area is 165 Å². The summed E-state index contributed by atoms with van der Waals surface area (Å²) < 4.78 is 0. The zero-order valence-electron chi connectivity index (χ0n) is 14.2. The predicted molar refractivity (Wildman–Crippen MR) is 102 cm³/mol. The molecule has 2 aliphatic rings. The van der Waals surface area contributed by atoms with Crippen LogP contribution in [0.15, 0.2) is 29.3 Å². The van der Waals surface area contributed by atoms with E-state index in [0.29, 0.717) is 22.3 Å². The highest BCUT2D eigenvalue weighted by atomic mass is 35.5. The molecule has 0 bridgehead atoms. The van der Waals surface area contributed by atoms with E-state index >= 15 is 0 Å². The van der Waals surface area contributed by atoms with Crippen molar-refractivity contribution in [2.45, 2.75) is 6.04 Å². The van der Waals surface area contributed by atoms with E-state index in [0.717, 1.165) is 5.56 Å². The lowest BCUT2D eigenvalue weighted by Gasteiger charge is -2.34. The molecule has 3 amide bonds. The molecule has 3 N–H and O–H groups in total. The molecule has 2 heterocycles. The number of benzene rings is 1. The van der Waals surface area contributed by atoms with Crippen molar-refractivity contribution >= 4 is 53.0 Å². The van der Waals surface area contributed by atoms with E-state index in [9.17, 15) is 14.4 Å². The molecule has 2 aliphatic heterocycles. The number of primary amides is 1. The molecule has 1 aromatic carbocycles. The highest BCUT2D eigenvalue weighted by Crippen LogP contribution is 2.26. The minimum atomic E-state index is -0.758. The third-order valence-corrected chi connectivity index (χ3v) is 4.98. The van der Waals surface area contributed by atoms with E-state index in [1.54, 1.807) is 24.3 Å². The monoisotopic (exact) mass is 409 g/mol. The summed E-state index contributed by atoms with van der Waals surface area (Å²) in [6, 6.07) is 4.38. The fourth-order valence-corrected chi connectivity index (χ4v) is 3.15. The Kier molecular flexibility index (Phi) is 5.67. The molecule has 0 aliphatic carbocycles. The summed E-state index contributed by atoms with van der Waals surface area (Å²) in [5.74, 6) is -1.20. The van der Waals surface area contributed by atoms with Gasteiger partial charge in [-0.15, -0.1) is 0 Å². The third kappa shape index (κ3) is 4.40. The molecule has 1 aromatic rings. The number of carbonyl (C=O) groups is 3. The molecule has 1 fully saturated rings. The largest absolute Gasteiger partial charge is 0.368 e. The van der Waals surface area contributed by atoms with Crippen LogP contribution in [-0.4, -0.2) is 66.1 Å². The van der Waals surface area contributed by atoms with Crippen LogP contribution in [0.25, 0.3) is 5.70 Å². The summed E-state index contributed by atoms with van der Waals surface area (Å²) in [4.78, 5) is 42.8. The second kappa shape index (κ2) is 7.98. The molecule has 1 saturated heterocycles. The number of nitrogens with two attached hydrogens (primary N) is 1. The standard InChI is InChI=1S/C17H17Cl2N5O3/c18-11-2-1-10(5-12(11)19)13-6-14(22-9-21-13)17(27)24-4-3-23(7-15(20)25)16(26)8-24/h1-2,5-6,9,14H,3-4,7-8H2,(H2,20,25)(H,21,22). The molecule has 1 unspecified atom stereocenters. The first-order valence-corrected chi connectivity index (χ1v) is 8.91.